The molecule has 0 saturated heterocycles. The van der Waals surface area contributed by atoms with Crippen LogP contribution in [0.2, 0.25) is 0 Å². The SMILES string of the molecule is CC(C(=O)O)c1ccccc1.[AlH3]. The zero-order valence-corrected chi connectivity index (χ0v) is 6.32. The van der Waals surface area contributed by atoms with Gasteiger partial charge in [0, 0.05) is 0 Å². The first kappa shape index (κ1) is 11.2. The van der Waals surface area contributed by atoms with Crippen LogP contribution >= 0.6 is 0 Å². The van der Waals surface area contributed by atoms with E-state index in [1.54, 1.807) is 6.92 Å². The molecule has 0 saturated carbocycles. The number of rotatable bonds is 2. The Balaban J connectivity index is 0.00000121. The van der Waals surface area contributed by atoms with Crippen LogP contribution in [0.4, 0.5) is 0 Å². The van der Waals surface area contributed by atoms with Crippen LogP contribution in [0.25, 0.3) is 0 Å². The average Bonchev–Trinajstić information content (AvgIpc) is 2.05. The Bertz CT molecular complexity index is 246. The summed E-state index contributed by atoms with van der Waals surface area (Å²) in [6, 6.07) is 9.19. The van der Waals surface area contributed by atoms with Gasteiger partial charge in [0.1, 0.15) is 0 Å². The predicted octanol–water partition coefficient (Wildman–Crippen LogP) is 0.691. The lowest BCUT2D eigenvalue weighted by Crippen LogP contribution is -2.06. The predicted molar refractivity (Wildman–Crippen MR) is 52.4 cm³/mol. The number of hydrogen-bond acceptors (Lipinski definition) is 1. The standard InChI is InChI=1S/C9H10O2.Al.3H/c1-7(9(10)11)8-5-3-2-4-6-8;;;;/h2-7H,1H3,(H,10,11);;;;. The summed E-state index contributed by atoms with van der Waals surface area (Å²) in [5.74, 6) is -1.19. The minimum atomic E-state index is -0.781. The Labute approximate surface area is 82.4 Å². The second kappa shape index (κ2) is 4.97. The summed E-state index contributed by atoms with van der Waals surface area (Å²) < 4.78 is 0. The van der Waals surface area contributed by atoms with E-state index in [1.165, 1.54) is 0 Å². The molecule has 64 valence electrons. The molecule has 0 aliphatic carbocycles. The van der Waals surface area contributed by atoms with Crippen LogP contribution in [0.5, 0.6) is 0 Å². The average molecular weight is 180 g/mol. The van der Waals surface area contributed by atoms with E-state index < -0.39 is 11.9 Å². The van der Waals surface area contributed by atoms with Crippen LogP contribution in [0.3, 0.4) is 0 Å². The third kappa shape index (κ3) is 2.69. The molecule has 1 aromatic carbocycles. The lowest BCUT2D eigenvalue weighted by atomic mass is 10.0. The topological polar surface area (TPSA) is 37.3 Å². The van der Waals surface area contributed by atoms with Crippen molar-refractivity contribution >= 4 is 23.3 Å². The number of carboxylic acids is 1. The van der Waals surface area contributed by atoms with Crippen molar-refractivity contribution in [3.05, 3.63) is 35.9 Å². The highest BCUT2D eigenvalue weighted by molar-refractivity contribution is 5.75. The van der Waals surface area contributed by atoms with Gasteiger partial charge in [-0.3, -0.25) is 4.79 Å². The molecule has 1 N–H and O–H groups in total. The fraction of sp³-hybridized carbons (Fsp3) is 0.222. The molecular weight excluding hydrogens is 167 g/mol. The quantitative estimate of drug-likeness (QED) is 0.680. The Morgan fingerprint density at radius 3 is 2.25 bits per heavy atom. The van der Waals surface area contributed by atoms with Gasteiger partial charge in [0.2, 0.25) is 0 Å². The second-order valence-electron chi connectivity index (χ2n) is 2.47. The summed E-state index contributed by atoms with van der Waals surface area (Å²) in [5, 5.41) is 8.64. The van der Waals surface area contributed by atoms with Crippen LogP contribution in [0.15, 0.2) is 30.3 Å². The number of carboxylic acid groups (broad SMARTS) is 1. The minimum absolute atomic E-state index is 0. The maximum Gasteiger partial charge on any atom is 0.310 e. The highest BCUT2D eigenvalue weighted by Crippen LogP contribution is 2.13. The van der Waals surface area contributed by atoms with Gasteiger partial charge >= 0.3 is 5.97 Å². The molecule has 1 aromatic rings. The molecular formula is C9H13AlO2. The maximum atomic E-state index is 10.5. The molecule has 0 fully saturated rings. The third-order valence-electron chi connectivity index (χ3n) is 1.67. The molecule has 12 heavy (non-hydrogen) atoms. The van der Waals surface area contributed by atoms with Crippen molar-refractivity contribution in [1.82, 2.24) is 0 Å². The lowest BCUT2D eigenvalue weighted by molar-refractivity contribution is -0.138. The van der Waals surface area contributed by atoms with Crippen molar-refractivity contribution in [2.75, 3.05) is 0 Å². The first-order chi connectivity index (χ1) is 5.22. The van der Waals surface area contributed by atoms with E-state index in [-0.39, 0.29) is 17.4 Å². The van der Waals surface area contributed by atoms with Crippen molar-refractivity contribution in [3.8, 4) is 0 Å². The molecule has 0 aliphatic heterocycles. The van der Waals surface area contributed by atoms with E-state index in [2.05, 4.69) is 0 Å². The van der Waals surface area contributed by atoms with Crippen molar-refractivity contribution in [2.45, 2.75) is 12.8 Å². The molecule has 0 heterocycles. The minimum Gasteiger partial charge on any atom is -0.481 e. The van der Waals surface area contributed by atoms with Gasteiger partial charge in [0.15, 0.2) is 17.4 Å². The Morgan fingerprint density at radius 1 is 1.33 bits per heavy atom. The fourth-order valence-electron chi connectivity index (χ4n) is 0.884. The first-order valence-electron chi connectivity index (χ1n) is 3.49. The first-order valence-corrected chi connectivity index (χ1v) is 3.49. The summed E-state index contributed by atoms with van der Waals surface area (Å²) in [6.45, 7) is 1.68. The molecule has 1 unspecified atom stereocenters. The highest BCUT2D eigenvalue weighted by atomic mass is 27.0. The summed E-state index contributed by atoms with van der Waals surface area (Å²) in [4.78, 5) is 10.5. The zero-order chi connectivity index (χ0) is 8.27. The van der Waals surface area contributed by atoms with Crippen molar-refractivity contribution in [2.24, 2.45) is 0 Å². The van der Waals surface area contributed by atoms with Crippen LogP contribution < -0.4 is 0 Å². The van der Waals surface area contributed by atoms with Crippen molar-refractivity contribution in [1.29, 1.82) is 0 Å². The molecule has 0 aromatic heterocycles. The monoisotopic (exact) mass is 180 g/mol. The maximum absolute atomic E-state index is 10.5. The number of aliphatic carboxylic acids is 1. The molecule has 0 bridgehead atoms. The van der Waals surface area contributed by atoms with Crippen LogP contribution in [-0.4, -0.2) is 28.4 Å². The second-order valence-corrected chi connectivity index (χ2v) is 2.47. The molecule has 3 heteroatoms. The van der Waals surface area contributed by atoms with E-state index in [0.29, 0.717) is 0 Å². The van der Waals surface area contributed by atoms with E-state index in [4.69, 9.17) is 5.11 Å². The Hall–Kier alpha value is -0.778. The highest BCUT2D eigenvalue weighted by Gasteiger charge is 2.11. The van der Waals surface area contributed by atoms with Crippen LogP contribution in [0, 0.1) is 0 Å². The third-order valence-corrected chi connectivity index (χ3v) is 1.67. The molecule has 1 atom stereocenters. The van der Waals surface area contributed by atoms with E-state index in [9.17, 15) is 4.79 Å². The van der Waals surface area contributed by atoms with Gasteiger partial charge in [0.05, 0.1) is 5.92 Å². The van der Waals surface area contributed by atoms with Gasteiger partial charge in [-0.25, -0.2) is 0 Å². The Kier molecular flexibility index (Phi) is 4.65. The van der Waals surface area contributed by atoms with Crippen molar-refractivity contribution in [3.63, 3.8) is 0 Å². The van der Waals surface area contributed by atoms with E-state index >= 15 is 0 Å². The molecule has 1 rings (SSSR count). The van der Waals surface area contributed by atoms with Gasteiger partial charge < -0.3 is 5.11 Å². The molecule has 0 aliphatic rings. The smallest absolute Gasteiger partial charge is 0.310 e. The fourth-order valence-corrected chi connectivity index (χ4v) is 0.884. The van der Waals surface area contributed by atoms with Crippen LogP contribution in [-0.2, 0) is 4.79 Å². The van der Waals surface area contributed by atoms with Gasteiger partial charge in [0.25, 0.3) is 0 Å². The number of hydrogen-bond donors (Lipinski definition) is 1. The molecule has 0 amide bonds. The largest absolute Gasteiger partial charge is 0.481 e. The van der Waals surface area contributed by atoms with Gasteiger partial charge in [-0.1, -0.05) is 30.3 Å². The summed E-state index contributed by atoms with van der Waals surface area (Å²) in [5.41, 5.74) is 0.847. The van der Waals surface area contributed by atoms with Gasteiger partial charge in [-0.05, 0) is 12.5 Å². The van der Waals surface area contributed by atoms with E-state index in [1.807, 2.05) is 30.3 Å². The summed E-state index contributed by atoms with van der Waals surface area (Å²) >= 11 is 0. The summed E-state index contributed by atoms with van der Waals surface area (Å²) in [7, 11) is 0. The normalized spacial score (nSPS) is 11.4. The number of carbonyl (C=O) groups is 1. The van der Waals surface area contributed by atoms with Crippen LogP contribution in [0.1, 0.15) is 18.4 Å². The van der Waals surface area contributed by atoms with E-state index in [0.717, 1.165) is 5.56 Å². The van der Waals surface area contributed by atoms with Crippen molar-refractivity contribution < 1.29 is 9.90 Å². The molecule has 2 nitrogen and oxygen atoms in total. The van der Waals surface area contributed by atoms with Gasteiger partial charge in [-0.15, -0.1) is 0 Å². The zero-order valence-electron chi connectivity index (χ0n) is 6.32. The molecule has 0 spiro atoms. The Morgan fingerprint density at radius 2 is 1.83 bits per heavy atom. The summed E-state index contributed by atoms with van der Waals surface area (Å²) in [6.07, 6.45) is 0. The van der Waals surface area contributed by atoms with Gasteiger partial charge in [-0.2, -0.15) is 0 Å². The number of benzene rings is 1. The molecule has 0 radical (unpaired) electrons. The lowest BCUT2D eigenvalue weighted by Gasteiger charge is -2.04.